The molecule has 1 fully saturated rings. The fourth-order valence-electron chi connectivity index (χ4n) is 3.26. The first-order valence-corrected chi connectivity index (χ1v) is 9.19. The predicted octanol–water partition coefficient (Wildman–Crippen LogP) is 4.66. The molecule has 5 nitrogen and oxygen atoms in total. The number of carbonyl (C=O) groups is 1. The van der Waals surface area contributed by atoms with Crippen LogP contribution in [0.15, 0.2) is 53.1 Å². The van der Waals surface area contributed by atoms with Gasteiger partial charge >= 0.3 is 0 Å². The number of halogens is 1. The number of piperidine rings is 1. The summed E-state index contributed by atoms with van der Waals surface area (Å²) in [6.45, 7) is 3.78. The summed E-state index contributed by atoms with van der Waals surface area (Å²) in [6.07, 6.45) is 3.66. The largest absolute Gasteiger partial charge is 0.463 e. The van der Waals surface area contributed by atoms with Gasteiger partial charge in [-0.1, -0.05) is 24.6 Å². The van der Waals surface area contributed by atoms with Crippen LogP contribution in [0.4, 0.5) is 0 Å². The number of benzene rings is 1. The van der Waals surface area contributed by atoms with E-state index >= 15 is 0 Å². The lowest BCUT2D eigenvalue weighted by Crippen LogP contribution is -2.38. The van der Waals surface area contributed by atoms with Crippen molar-refractivity contribution in [3.05, 3.63) is 59.4 Å². The van der Waals surface area contributed by atoms with Crippen molar-refractivity contribution in [1.82, 2.24) is 14.7 Å². The maximum atomic E-state index is 13.2. The van der Waals surface area contributed by atoms with Crippen LogP contribution < -0.4 is 0 Å². The van der Waals surface area contributed by atoms with Gasteiger partial charge in [0.15, 0.2) is 5.76 Å². The van der Waals surface area contributed by atoms with Crippen molar-refractivity contribution < 1.29 is 9.21 Å². The van der Waals surface area contributed by atoms with E-state index in [1.54, 1.807) is 35.2 Å². The predicted molar refractivity (Wildman–Crippen MR) is 101 cm³/mol. The van der Waals surface area contributed by atoms with Gasteiger partial charge in [-0.25, -0.2) is 4.68 Å². The number of carbonyl (C=O) groups excluding carboxylic acids is 1. The molecular weight excluding hydrogens is 350 g/mol. The van der Waals surface area contributed by atoms with Crippen molar-refractivity contribution in [2.45, 2.75) is 19.8 Å². The maximum absolute atomic E-state index is 13.2. The first kappa shape index (κ1) is 16.9. The molecule has 0 atom stereocenters. The first-order chi connectivity index (χ1) is 12.6. The average Bonchev–Trinajstić information content (AvgIpc) is 3.31. The number of nitrogens with zero attached hydrogens (tertiary/aromatic N) is 3. The molecule has 26 heavy (non-hydrogen) atoms. The molecule has 0 aliphatic carbocycles. The molecule has 0 radical (unpaired) electrons. The zero-order valence-electron chi connectivity index (χ0n) is 14.6. The van der Waals surface area contributed by atoms with Crippen molar-refractivity contribution in [3.8, 4) is 17.1 Å². The molecular formula is C20H20ClN3O2. The zero-order chi connectivity index (χ0) is 18.1. The molecule has 0 spiro atoms. The van der Waals surface area contributed by atoms with Crippen LogP contribution in [0.1, 0.15) is 30.3 Å². The topological polar surface area (TPSA) is 51.3 Å². The van der Waals surface area contributed by atoms with Crippen molar-refractivity contribution in [2.24, 2.45) is 5.92 Å². The first-order valence-electron chi connectivity index (χ1n) is 8.81. The van der Waals surface area contributed by atoms with E-state index < -0.39 is 0 Å². The minimum atomic E-state index is -0.0119. The Kier molecular flexibility index (Phi) is 4.55. The van der Waals surface area contributed by atoms with E-state index in [-0.39, 0.29) is 5.91 Å². The van der Waals surface area contributed by atoms with E-state index in [2.05, 4.69) is 12.0 Å². The Hall–Kier alpha value is -2.53. The fourth-order valence-corrected chi connectivity index (χ4v) is 3.44. The second-order valence-corrected chi connectivity index (χ2v) is 7.19. The summed E-state index contributed by atoms with van der Waals surface area (Å²) in [6, 6.07) is 12.8. The molecule has 3 aromatic rings. The number of furan rings is 1. The van der Waals surface area contributed by atoms with Crippen molar-refractivity contribution in [3.63, 3.8) is 0 Å². The normalized spacial score (nSPS) is 15.4. The molecule has 6 heteroatoms. The van der Waals surface area contributed by atoms with E-state index in [0.717, 1.165) is 31.6 Å². The van der Waals surface area contributed by atoms with Crippen LogP contribution in [0, 0.1) is 5.92 Å². The van der Waals surface area contributed by atoms with Crippen LogP contribution in [-0.4, -0.2) is 33.7 Å². The SMILES string of the molecule is CC1CCN(C(=O)c2cc(-c3ccco3)nn2-c2cccc(Cl)c2)CC1. The Morgan fingerprint density at radius 1 is 1.19 bits per heavy atom. The number of likely N-dealkylation sites (tertiary alicyclic amines) is 1. The van der Waals surface area contributed by atoms with Gasteiger partial charge in [0.05, 0.1) is 12.0 Å². The Morgan fingerprint density at radius 2 is 2.00 bits per heavy atom. The third-order valence-electron chi connectivity index (χ3n) is 4.83. The average molecular weight is 370 g/mol. The molecule has 1 amide bonds. The second kappa shape index (κ2) is 7.00. The highest BCUT2D eigenvalue weighted by molar-refractivity contribution is 6.30. The molecule has 0 N–H and O–H groups in total. The maximum Gasteiger partial charge on any atom is 0.272 e. The van der Waals surface area contributed by atoms with Crippen molar-refractivity contribution in [1.29, 1.82) is 0 Å². The highest BCUT2D eigenvalue weighted by Gasteiger charge is 2.26. The van der Waals surface area contributed by atoms with Crippen LogP contribution >= 0.6 is 11.6 Å². The summed E-state index contributed by atoms with van der Waals surface area (Å²) in [5.74, 6) is 1.28. The van der Waals surface area contributed by atoms with Crippen LogP contribution in [0.5, 0.6) is 0 Å². The quantitative estimate of drug-likeness (QED) is 0.674. The minimum absolute atomic E-state index is 0.0119. The van der Waals surface area contributed by atoms with Gasteiger partial charge in [0.1, 0.15) is 11.4 Å². The van der Waals surface area contributed by atoms with Gasteiger partial charge < -0.3 is 9.32 Å². The summed E-state index contributed by atoms with van der Waals surface area (Å²) >= 11 is 6.14. The highest BCUT2D eigenvalue weighted by atomic mass is 35.5. The third kappa shape index (κ3) is 3.27. The Balaban J connectivity index is 1.75. The standard InChI is InChI=1S/C20H20ClN3O2/c1-14-7-9-23(10-8-14)20(25)18-13-17(19-6-3-11-26-19)22-24(18)16-5-2-4-15(21)12-16/h2-6,11-14H,7-10H2,1H3. The number of amides is 1. The molecule has 1 aliphatic heterocycles. The molecule has 0 bridgehead atoms. The number of hydrogen-bond donors (Lipinski definition) is 0. The molecule has 0 unspecified atom stereocenters. The Bertz CT molecular complexity index is 909. The van der Waals surface area contributed by atoms with Crippen LogP contribution in [-0.2, 0) is 0 Å². The van der Waals surface area contributed by atoms with E-state index in [0.29, 0.717) is 28.1 Å². The monoisotopic (exact) mass is 369 g/mol. The number of aromatic nitrogens is 2. The van der Waals surface area contributed by atoms with Gasteiger partial charge in [-0.2, -0.15) is 5.10 Å². The molecule has 2 aromatic heterocycles. The van der Waals surface area contributed by atoms with Gasteiger partial charge in [0.2, 0.25) is 0 Å². The van der Waals surface area contributed by atoms with E-state index in [9.17, 15) is 4.79 Å². The molecule has 1 aromatic carbocycles. The lowest BCUT2D eigenvalue weighted by Gasteiger charge is -2.30. The molecule has 3 heterocycles. The molecule has 1 aliphatic rings. The van der Waals surface area contributed by atoms with Gasteiger partial charge in [-0.3, -0.25) is 4.79 Å². The van der Waals surface area contributed by atoms with E-state index in [4.69, 9.17) is 16.0 Å². The lowest BCUT2D eigenvalue weighted by atomic mass is 9.99. The van der Waals surface area contributed by atoms with Crippen LogP contribution in [0.2, 0.25) is 5.02 Å². The van der Waals surface area contributed by atoms with Gasteiger partial charge in [0.25, 0.3) is 5.91 Å². The Labute approximate surface area is 157 Å². The second-order valence-electron chi connectivity index (χ2n) is 6.76. The summed E-state index contributed by atoms with van der Waals surface area (Å²) in [5, 5.41) is 5.21. The lowest BCUT2D eigenvalue weighted by molar-refractivity contribution is 0.0688. The summed E-state index contributed by atoms with van der Waals surface area (Å²) in [7, 11) is 0. The molecule has 1 saturated heterocycles. The van der Waals surface area contributed by atoms with Crippen molar-refractivity contribution in [2.75, 3.05) is 13.1 Å². The Morgan fingerprint density at radius 3 is 2.69 bits per heavy atom. The third-order valence-corrected chi connectivity index (χ3v) is 5.06. The summed E-state index contributed by atoms with van der Waals surface area (Å²) < 4.78 is 7.12. The van der Waals surface area contributed by atoms with Gasteiger partial charge in [0, 0.05) is 24.2 Å². The summed E-state index contributed by atoms with van der Waals surface area (Å²) in [4.78, 5) is 15.1. The highest BCUT2D eigenvalue weighted by Crippen LogP contribution is 2.26. The zero-order valence-corrected chi connectivity index (χ0v) is 15.3. The molecule has 0 saturated carbocycles. The van der Waals surface area contributed by atoms with Gasteiger partial charge in [-0.05, 0) is 49.1 Å². The van der Waals surface area contributed by atoms with Crippen LogP contribution in [0.3, 0.4) is 0 Å². The molecule has 134 valence electrons. The van der Waals surface area contributed by atoms with E-state index in [1.807, 2.05) is 23.1 Å². The van der Waals surface area contributed by atoms with Crippen LogP contribution in [0.25, 0.3) is 17.1 Å². The molecule has 4 rings (SSSR count). The summed E-state index contributed by atoms with van der Waals surface area (Å²) in [5.41, 5.74) is 1.90. The van der Waals surface area contributed by atoms with Gasteiger partial charge in [-0.15, -0.1) is 0 Å². The number of rotatable bonds is 3. The smallest absolute Gasteiger partial charge is 0.272 e. The fraction of sp³-hybridized carbons (Fsp3) is 0.300. The number of hydrogen-bond acceptors (Lipinski definition) is 3. The van der Waals surface area contributed by atoms with E-state index in [1.165, 1.54) is 0 Å². The minimum Gasteiger partial charge on any atom is -0.463 e. The van der Waals surface area contributed by atoms with Crippen molar-refractivity contribution >= 4 is 17.5 Å².